The highest BCUT2D eigenvalue weighted by Crippen LogP contribution is 2.22. The molecule has 1 heterocycles. The zero-order chi connectivity index (χ0) is 22.0. The van der Waals surface area contributed by atoms with Crippen LogP contribution >= 0.6 is 0 Å². The molecule has 0 fully saturated rings. The van der Waals surface area contributed by atoms with Gasteiger partial charge in [0.1, 0.15) is 5.69 Å². The molecule has 30 heavy (non-hydrogen) atoms. The quantitative estimate of drug-likeness (QED) is 0.477. The van der Waals surface area contributed by atoms with E-state index in [4.69, 9.17) is 5.73 Å². The first kappa shape index (κ1) is 20.6. The number of carbonyl (C=O) groups is 2. The van der Waals surface area contributed by atoms with Crippen molar-refractivity contribution in [2.24, 2.45) is 0 Å². The van der Waals surface area contributed by atoms with Gasteiger partial charge in [-0.3, -0.25) is 4.90 Å². The van der Waals surface area contributed by atoms with E-state index in [9.17, 15) is 28.3 Å². The number of carbonyl (C=O) groups excluding carboxylic acids is 1. The number of aromatic carboxylic acids is 1. The highest BCUT2D eigenvalue weighted by atomic mass is 19.1. The normalized spacial score (nSPS) is 10.8. The number of para-hydroxylation sites is 1. The maximum atomic E-state index is 14.0. The van der Waals surface area contributed by atoms with Gasteiger partial charge in [-0.15, -0.1) is 4.68 Å². The lowest BCUT2D eigenvalue weighted by Gasteiger charge is -2.21. The number of carboxylic acid groups (broad SMARTS) is 1. The van der Waals surface area contributed by atoms with Gasteiger partial charge in [0.2, 0.25) is 0 Å². The second-order valence-electron chi connectivity index (χ2n) is 6.17. The summed E-state index contributed by atoms with van der Waals surface area (Å²) in [6.07, 6.45) is 0.448. The fraction of sp³-hybridized carbons (Fsp3) is 0.167. The molecule has 0 saturated heterocycles. The number of benzene rings is 2. The van der Waals surface area contributed by atoms with Crippen molar-refractivity contribution >= 4 is 23.4 Å². The summed E-state index contributed by atoms with van der Waals surface area (Å²) in [7, 11) is 0. The van der Waals surface area contributed by atoms with Crippen LogP contribution in [0.25, 0.3) is 5.69 Å². The summed E-state index contributed by atoms with van der Waals surface area (Å²) in [5.74, 6) is -3.42. The van der Waals surface area contributed by atoms with Crippen molar-refractivity contribution in [1.29, 1.82) is 0 Å². The predicted molar refractivity (Wildman–Crippen MR) is 102 cm³/mol. The molecule has 12 heteroatoms. The molecule has 3 rings (SSSR count). The third kappa shape index (κ3) is 3.62. The van der Waals surface area contributed by atoms with Gasteiger partial charge in [-0.2, -0.15) is 4.68 Å². The van der Waals surface area contributed by atoms with E-state index >= 15 is 0 Å². The van der Waals surface area contributed by atoms with E-state index in [2.05, 4.69) is 10.4 Å². The van der Waals surface area contributed by atoms with E-state index in [0.29, 0.717) is 15.8 Å². The van der Waals surface area contributed by atoms with Crippen LogP contribution in [0.15, 0.2) is 41.2 Å². The SMILES string of the molecule is CCCN(C(=O)n1nnn(-c2c(F)cccc2F)c1=O)c1ccc(N)c(C(=O)O)c1. The number of nitrogens with zero attached hydrogens (tertiary/aromatic N) is 5. The van der Waals surface area contributed by atoms with Gasteiger partial charge >= 0.3 is 17.7 Å². The molecule has 0 aliphatic rings. The van der Waals surface area contributed by atoms with Gasteiger partial charge in [-0.25, -0.2) is 23.2 Å². The summed E-state index contributed by atoms with van der Waals surface area (Å²) >= 11 is 0. The van der Waals surface area contributed by atoms with Crippen molar-refractivity contribution in [3.05, 3.63) is 64.1 Å². The molecular weight excluding hydrogens is 402 g/mol. The van der Waals surface area contributed by atoms with Crippen LogP contribution in [0.2, 0.25) is 0 Å². The highest BCUT2D eigenvalue weighted by Gasteiger charge is 2.25. The summed E-state index contributed by atoms with van der Waals surface area (Å²) in [5.41, 5.74) is 3.57. The number of amides is 1. The van der Waals surface area contributed by atoms with E-state index in [1.807, 2.05) is 0 Å². The number of hydrogen-bond donors (Lipinski definition) is 2. The first-order valence-corrected chi connectivity index (χ1v) is 8.70. The fourth-order valence-corrected chi connectivity index (χ4v) is 2.77. The second kappa shape index (κ2) is 8.11. The number of nitrogen functional groups attached to an aromatic ring is 1. The molecule has 3 aromatic rings. The Morgan fingerprint density at radius 2 is 1.83 bits per heavy atom. The Kier molecular flexibility index (Phi) is 5.58. The molecule has 1 amide bonds. The Hall–Kier alpha value is -4.09. The first-order valence-electron chi connectivity index (χ1n) is 8.70. The van der Waals surface area contributed by atoms with Crippen molar-refractivity contribution in [2.75, 3.05) is 17.2 Å². The monoisotopic (exact) mass is 418 g/mol. The Morgan fingerprint density at radius 3 is 2.43 bits per heavy atom. The maximum Gasteiger partial charge on any atom is 0.377 e. The molecule has 2 aromatic carbocycles. The van der Waals surface area contributed by atoms with Crippen molar-refractivity contribution < 1.29 is 23.5 Å². The van der Waals surface area contributed by atoms with E-state index in [1.165, 1.54) is 18.2 Å². The lowest BCUT2D eigenvalue weighted by molar-refractivity contribution is 0.0698. The molecule has 1 aromatic heterocycles. The van der Waals surface area contributed by atoms with Gasteiger partial charge < -0.3 is 10.8 Å². The van der Waals surface area contributed by atoms with Crippen LogP contribution < -0.4 is 16.3 Å². The number of carboxylic acids is 1. The molecule has 0 saturated carbocycles. The summed E-state index contributed by atoms with van der Waals surface area (Å²) in [6, 6.07) is 5.87. The summed E-state index contributed by atoms with van der Waals surface area (Å²) in [5, 5.41) is 16.1. The molecular formula is C18H16F2N6O4. The Morgan fingerprint density at radius 1 is 1.17 bits per heavy atom. The Bertz CT molecular complexity index is 1170. The topological polar surface area (TPSA) is 136 Å². The average molecular weight is 418 g/mol. The average Bonchev–Trinajstić information content (AvgIpc) is 3.07. The third-order valence-corrected chi connectivity index (χ3v) is 4.17. The molecule has 10 nitrogen and oxygen atoms in total. The minimum absolute atomic E-state index is 0.00622. The lowest BCUT2D eigenvalue weighted by atomic mass is 10.1. The van der Waals surface area contributed by atoms with Crippen molar-refractivity contribution in [3.63, 3.8) is 0 Å². The van der Waals surface area contributed by atoms with Crippen LogP contribution in [-0.2, 0) is 0 Å². The van der Waals surface area contributed by atoms with Gasteiger partial charge in [0.25, 0.3) is 0 Å². The van der Waals surface area contributed by atoms with Gasteiger partial charge in [-0.1, -0.05) is 13.0 Å². The summed E-state index contributed by atoms with van der Waals surface area (Å²) in [4.78, 5) is 38.0. The van der Waals surface area contributed by atoms with E-state index in [-0.39, 0.29) is 23.5 Å². The van der Waals surface area contributed by atoms with Gasteiger partial charge in [-0.05, 0) is 47.2 Å². The van der Waals surface area contributed by atoms with E-state index in [1.54, 1.807) is 6.92 Å². The molecule has 156 valence electrons. The van der Waals surface area contributed by atoms with Crippen LogP contribution in [0.3, 0.4) is 0 Å². The van der Waals surface area contributed by atoms with Crippen LogP contribution in [0.1, 0.15) is 23.7 Å². The number of nitrogens with two attached hydrogens (primary N) is 1. The van der Waals surface area contributed by atoms with Crippen molar-refractivity contribution in [3.8, 4) is 5.69 Å². The molecule has 0 atom stereocenters. The van der Waals surface area contributed by atoms with E-state index < -0.39 is 35.0 Å². The summed E-state index contributed by atoms with van der Waals surface area (Å²) in [6.45, 7) is 1.85. The third-order valence-electron chi connectivity index (χ3n) is 4.17. The van der Waals surface area contributed by atoms with E-state index in [0.717, 1.165) is 23.1 Å². The number of hydrogen-bond acceptors (Lipinski definition) is 6. The molecule has 0 spiro atoms. The lowest BCUT2D eigenvalue weighted by Crippen LogP contribution is -2.41. The molecule has 0 aliphatic carbocycles. The van der Waals surface area contributed by atoms with Gasteiger partial charge in [0.15, 0.2) is 11.6 Å². The standard InChI is InChI=1S/C18H16F2N6O4/c1-2-8-24(10-6-7-14(21)11(9-10)16(27)28)17(29)26-18(30)25(22-23-26)15-12(19)4-3-5-13(15)20/h3-7,9H,2,8,21H2,1H3,(H,27,28). The number of aromatic nitrogens is 4. The summed E-state index contributed by atoms with van der Waals surface area (Å²) < 4.78 is 28.6. The van der Waals surface area contributed by atoms with Gasteiger partial charge in [0, 0.05) is 17.9 Å². The second-order valence-corrected chi connectivity index (χ2v) is 6.17. The Balaban J connectivity index is 2.06. The van der Waals surface area contributed by atoms with Crippen LogP contribution in [0.5, 0.6) is 0 Å². The van der Waals surface area contributed by atoms with Crippen molar-refractivity contribution in [2.45, 2.75) is 13.3 Å². The largest absolute Gasteiger partial charge is 0.478 e. The zero-order valence-electron chi connectivity index (χ0n) is 15.6. The predicted octanol–water partition coefficient (Wildman–Crippen LogP) is 1.87. The zero-order valence-corrected chi connectivity index (χ0v) is 15.6. The molecule has 0 aliphatic heterocycles. The van der Waals surface area contributed by atoms with Gasteiger partial charge in [0.05, 0.1) is 5.56 Å². The van der Waals surface area contributed by atoms with Crippen LogP contribution in [0, 0.1) is 11.6 Å². The minimum Gasteiger partial charge on any atom is -0.478 e. The molecule has 0 unspecified atom stereocenters. The number of anilines is 2. The minimum atomic E-state index is -1.30. The highest BCUT2D eigenvalue weighted by molar-refractivity contribution is 5.98. The number of rotatable bonds is 5. The number of halogens is 2. The maximum absolute atomic E-state index is 14.0. The van der Waals surface area contributed by atoms with Crippen molar-refractivity contribution in [1.82, 2.24) is 19.8 Å². The smallest absolute Gasteiger partial charge is 0.377 e. The molecule has 0 radical (unpaired) electrons. The number of tetrazole rings is 1. The molecule has 3 N–H and O–H groups in total. The first-order chi connectivity index (χ1) is 14.3. The van der Waals surface area contributed by atoms with Crippen LogP contribution in [0.4, 0.5) is 25.0 Å². The fourth-order valence-electron chi connectivity index (χ4n) is 2.77. The Labute approximate surface area is 167 Å². The molecule has 0 bridgehead atoms. The van der Waals surface area contributed by atoms with Crippen LogP contribution in [-0.4, -0.2) is 43.4 Å².